The lowest BCUT2D eigenvalue weighted by atomic mass is 10.3. The summed E-state index contributed by atoms with van der Waals surface area (Å²) >= 11 is 1.35. The topological polar surface area (TPSA) is 46.2 Å². The summed E-state index contributed by atoms with van der Waals surface area (Å²) in [4.78, 5) is 0. The van der Waals surface area contributed by atoms with E-state index in [4.69, 9.17) is 0 Å². The third-order valence-electron chi connectivity index (χ3n) is 2.49. The second kappa shape index (κ2) is 4.23. The molecule has 3 nitrogen and oxygen atoms in total. The van der Waals surface area contributed by atoms with Crippen LogP contribution in [-0.2, 0) is 16.4 Å². The van der Waals surface area contributed by atoms with Crippen LogP contribution in [0, 0.1) is 0 Å². The number of hydrogen-bond donors (Lipinski definition) is 1. The van der Waals surface area contributed by atoms with Gasteiger partial charge in [-0.2, -0.15) is 0 Å². The molecule has 0 amide bonds. The lowest BCUT2D eigenvalue weighted by molar-refractivity contribution is 0.594. The molecular formula is C10H15NO2S2. The number of sulfone groups is 1. The van der Waals surface area contributed by atoms with Crippen LogP contribution in [0.5, 0.6) is 0 Å². The van der Waals surface area contributed by atoms with Crippen molar-refractivity contribution in [1.29, 1.82) is 0 Å². The molecule has 0 spiro atoms. The van der Waals surface area contributed by atoms with Gasteiger partial charge < -0.3 is 5.32 Å². The van der Waals surface area contributed by atoms with E-state index in [1.807, 2.05) is 18.4 Å². The Balaban J connectivity index is 2.24. The van der Waals surface area contributed by atoms with Gasteiger partial charge in [-0.15, -0.1) is 11.3 Å². The second-order valence-corrected chi connectivity index (χ2v) is 7.10. The van der Waals surface area contributed by atoms with Crippen molar-refractivity contribution in [3.8, 4) is 0 Å². The van der Waals surface area contributed by atoms with E-state index in [0.29, 0.717) is 10.8 Å². The number of thiophene rings is 1. The lowest BCUT2D eigenvalue weighted by Crippen LogP contribution is -2.14. The molecule has 5 heteroatoms. The predicted octanol–water partition coefficient (Wildman–Crippen LogP) is 1.79. The summed E-state index contributed by atoms with van der Waals surface area (Å²) in [5.41, 5.74) is 0.925. The number of nitrogens with one attached hydrogen (secondary N) is 1. The molecule has 1 aliphatic rings. The van der Waals surface area contributed by atoms with Crippen LogP contribution in [0.25, 0.3) is 0 Å². The zero-order valence-electron chi connectivity index (χ0n) is 8.69. The van der Waals surface area contributed by atoms with Gasteiger partial charge in [0.25, 0.3) is 0 Å². The zero-order valence-corrected chi connectivity index (χ0v) is 10.3. The lowest BCUT2D eigenvalue weighted by Gasteiger charge is -2.04. The largest absolute Gasteiger partial charge is 0.313 e. The molecule has 0 unspecified atom stereocenters. The molecule has 1 saturated carbocycles. The highest BCUT2D eigenvalue weighted by Crippen LogP contribution is 2.37. The Morgan fingerprint density at radius 3 is 2.87 bits per heavy atom. The van der Waals surface area contributed by atoms with Crippen molar-refractivity contribution in [3.63, 3.8) is 0 Å². The van der Waals surface area contributed by atoms with Gasteiger partial charge >= 0.3 is 0 Å². The smallest absolute Gasteiger partial charge is 0.190 e. The van der Waals surface area contributed by atoms with Crippen molar-refractivity contribution < 1.29 is 8.42 Å². The average Bonchev–Trinajstić information content (AvgIpc) is 2.95. The quantitative estimate of drug-likeness (QED) is 0.860. The summed E-state index contributed by atoms with van der Waals surface area (Å²) in [7, 11) is -3.01. The predicted molar refractivity (Wildman–Crippen MR) is 61.9 cm³/mol. The van der Waals surface area contributed by atoms with E-state index in [1.54, 1.807) is 0 Å². The van der Waals surface area contributed by atoms with Crippen LogP contribution < -0.4 is 5.32 Å². The maximum atomic E-state index is 12.0. The van der Waals surface area contributed by atoms with E-state index in [2.05, 4.69) is 5.32 Å². The third kappa shape index (κ3) is 2.24. The Labute approximate surface area is 94.4 Å². The maximum absolute atomic E-state index is 12.0. The van der Waals surface area contributed by atoms with Crippen LogP contribution in [0.1, 0.15) is 25.3 Å². The van der Waals surface area contributed by atoms with Gasteiger partial charge in [0.05, 0.1) is 5.25 Å². The molecule has 1 aliphatic carbocycles. The molecule has 0 atom stereocenters. The first-order valence-corrected chi connectivity index (χ1v) is 7.60. The zero-order chi connectivity index (χ0) is 10.9. The molecule has 1 heterocycles. The summed E-state index contributed by atoms with van der Waals surface area (Å²) in [5, 5.41) is 4.93. The summed E-state index contributed by atoms with van der Waals surface area (Å²) in [5.74, 6) is 0. The van der Waals surface area contributed by atoms with Crippen molar-refractivity contribution in [1.82, 2.24) is 5.32 Å². The fourth-order valence-electron chi connectivity index (χ4n) is 1.49. The van der Waals surface area contributed by atoms with Crippen molar-refractivity contribution in [2.24, 2.45) is 0 Å². The highest BCUT2D eigenvalue weighted by molar-refractivity contribution is 7.94. The first kappa shape index (κ1) is 11.1. The minimum atomic E-state index is -3.01. The molecule has 2 rings (SSSR count). The van der Waals surface area contributed by atoms with Crippen LogP contribution in [0.4, 0.5) is 0 Å². The van der Waals surface area contributed by atoms with Gasteiger partial charge in [0.15, 0.2) is 9.84 Å². The van der Waals surface area contributed by atoms with E-state index in [1.165, 1.54) is 11.3 Å². The molecule has 0 radical (unpaired) electrons. The van der Waals surface area contributed by atoms with Gasteiger partial charge in [0.1, 0.15) is 4.21 Å². The third-order valence-corrected chi connectivity index (χ3v) is 6.36. The molecular weight excluding hydrogens is 230 g/mol. The second-order valence-electron chi connectivity index (χ2n) is 3.76. The molecule has 0 bridgehead atoms. The molecule has 1 aromatic rings. The summed E-state index contributed by atoms with van der Waals surface area (Å²) in [6, 6.07) is 1.91. The van der Waals surface area contributed by atoms with Gasteiger partial charge in [-0.3, -0.25) is 0 Å². The molecule has 15 heavy (non-hydrogen) atoms. The van der Waals surface area contributed by atoms with Gasteiger partial charge in [0.2, 0.25) is 0 Å². The number of rotatable bonds is 5. The molecule has 1 fully saturated rings. The van der Waals surface area contributed by atoms with E-state index < -0.39 is 9.84 Å². The van der Waals surface area contributed by atoms with Crippen molar-refractivity contribution in [2.45, 2.75) is 35.8 Å². The Kier molecular flexibility index (Phi) is 3.13. The first-order valence-electron chi connectivity index (χ1n) is 5.17. The van der Waals surface area contributed by atoms with Crippen molar-refractivity contribution >= 4 is 21.2 Å². The fourth-order valence-corrected chi connectivity index (χ4v) is 4.82. The van der Waals surface area contributed by atoms with Crippen LogP contribution in [0.2, 0.25) is 0 Å². The van der Waals surface area contributed by atoms with E-state index in [-0.39, 0.29) is 5.25 Å². The van der Waals surface area contributed by atoms with E-state index in [0.717, 1.165) is 24.9 Å². The minimum Gasteiger partial charge on any atom is -0.313 e. The van der Waals surface area contributed by atoms with Crippen LogP contribution in [0.15, 0.2) is 15.7 Å². The van der Waals surface area contributed by atoms with Crippen LogP contribution in [-0.4, -0.2) is 20.2 Å². The van der Waals surface area contributed by atoms with Crippen LogP contribution >= 0.6 is 11.3 Å². The molecule has 1 aromatic heterocycles. The Hall–Kier alpha value is -0.390. The van der Waals surface area contributed by atoms with E-state index in [9.17, 15) is 8.42 Å². The molecule has 0 aromatic carbocycles. The molecule has 84 valence electrons. The Bertz CT molecular complexity index is 432. The molecule has 0 saturated heterocycles. The maximum Gasteiger partial charge on any atom is 0.190 e. The molecule has 0 aliphatic heterocycles. The summed E-state index contributed by atoms with van der Waals surface area (Å²) in [6.45, 7) is 3.53. The standard InChI is InChI=1S/C10H15NO2S2/c1-2-11-7-8-5-6-14-10(8)15(12,13)9-3-4-9/h5-6,9,11H,2-4,7H2,1H3. The van der Waals surface area contributed by atoms with E-state index >= 15 is 0 Å². The first-order chi connectivity index (χ1) is 7.16. The normalized spacial score (nSPS) is 16.9. The summed E-state index contributed by atoms with van der Waals surface area (Å²) < 4.78 is 24.6. The van der Waals surface area contributed by atoms with Crippen molar-refractivity contribution in [3.05, 3.63) is 17.0 Å². The highest BCUT2D eigenvalue weighted by atomic mass is 32.2. The van der Waals surface area contributed by atoms with Gasteiger partial charge in [-0.25, -0.2) is 8.42 Å². The minimum absolute atomic E-state index is 0.100. The Morgan fingerprint density at radius 2 is 2.27 bits per heavy atom. The average molecular weight is 245 g/mol. The van der Waals surface area contributed by atoms with Gasteiger partial charge in [-0.05, 0) is 36.4 Å². The SMILES string of the molecule is CCNCc1ccsc1S(=O)(=O)C1CC1. The van der Waals surface area contributed by atoms with Crippen molar-refractivity contribution in [2.75, 3.05) is 6.54 Å². The number of hydrogen-bond acceptors (Lipinski definition) is 4. The highest BCUT2D eigenvalue weighted by Gasteiger charge is 2.38. The molecule has 1 N–H and O–H groups in total. The van der Waals surface area contributed by atoms with Gasteiger partial charge in [0, 0.05) is 6.54 Å². The van der Waals surface area contributed by atoms with Gasteiger partial charge in [-0.1, -0.05) is 6.92 Å². The van der Waals surface area contributed by atoms with Crippen LogP contribution in [0.3, 0.4) is 0 Å². The fraction of sp³-hybridized carbons (Fsp3) is 0.600. The summed E-state index contributed by atoms with van der Waals surface area (Å²) in [6.07, 6.45) is 1.67. The Morgan fingerprint density at radius 1 is 1.53 bits per heavy atom. The monoisotopic (exact) mass is 245 g/mol.